The van der Waals surface area contributed by atoms with Crippen molar-refractivity contribution in [1.82, 2.24) is 15.6 Å². The van der Waals surface area contributed by atoms with Gasteiger partial charge in [0.15, 0.2) is 5.11 Å². The molecule has 1 aromatic rings. The summed E-state index contributed by atoms with van der Waals surface area (Å²) >= 11 is 6.72. The van der Waals surface area contributed by atoms with Gasteiger partial charge in [0, 0.05) is 25.5 Å². The molecule has 0 fully saturated rings. The van der Waals surface area contributed by atoms with E-state index in [0.29, 0.717) is 5.11 Å². The van der Waals surface area contributed by atoms with Crippen LogP contribution < -0.4 is 10.6 Å². The molecular formula is C10H16ClN3S2. The van der Waals surface area contributed by atoms with Crippen molar-refractivity contribution in [2.24, 2.45) is 0 Å². The highest BCUT2D eigenvalue weighted by molar-refractivity contribution is 7.99. The lowest BCUT2D eigenvalue weighted by Gasteiger charge is -2.05. The van der Waals surface area contributed by atoms with Gasteiger partial charge in [0.1, 0.15) is 0 Å². The summed E-state index contributed by atoms with van der Waals surface area (Å²) in [5, 5.41) is 7.76. The highest BCUT2D eigenvalue weighted by atomic mass is 35.5. The Morgan fingerprint density at radius 2 is 2.31 bits per heavy atom. The summed E-state index contributed by atoms with van der Waals surface area (Å²) in [4.78, 5) is 4.23. The number of nitrogens with zero attached hydrogens (tertiary/aromatic N) is 1. The zero-order chi connectivity index (χ0) is 10.9. The van der Waals surface area contributed by atoms with Gasteiger partial charge in [0.2, 0.25) is 0 Å². The topological polar surface area (TPSA) is 37.0 Å². The molecule has 0 saturated carbocycles. The van der Waals surface area contributed by atoms with E-state index in [2.05, 4.69) is 15.6 Å². The number of halogens is 1. The van der Waals surface area contributed by atoms with Gasteiger partial charge in [-0.05, 0) is 30.8 Å². The summed E-state index contributed by atoms with van der Waals surface area (Å²) in [6.07, 6.45) is 2.89. The number of hydrogen-bond donors (Lipinski definition) is 2. The van der Waals surface area contributed by atoms with Gasteiger partial charge in [0.05, 0.1) is 5.03 Å². The van der Waals surface area contributed by atoms with Crippen LogP contribution in [0, 0.1) is 0 Å². The Morgan fingerprint density at radius 1 is 1.50 bits per heavy atom. The van der Waals surface area contributed by atoms with Crippen LogP contribution in [0.1, 0.15) is 6.42 Å². The van der Waals surface area contributed by atoms with Gasteiger partial charge in [-0.3, -0.25) is 0 Å². The third-order valence-corrected chi connectivity index (χ3v) is 3.10. The minimum Gasteiger partial charge on any atom is -0.366 e. The standard InChI is InChI=1S/C10H15N3S2.ClH/c1-11-10(14)13-7-4-8-15-9-5-2-3-6-12-9;/h2-3,5-6H,4,7-8H2,1H3,(H2,11,13,14);1H. The molecule has 1 heterocycles. The number of hydrogen-bond acceptors (Lipinski definition) is 3. The van der Waals surface area contributed by atoms with Crippen molar-refractivity contribution in [3.63, 3.8) is 0 Å². The molecule has 0 aliphatic heterocycles. The minimum atomic E-state index is 0. The number of aromatic nitrogens is 1. The van der Waals surface area contributed by atoms with Gasteiger partial charge in [-0.15, -0.1) is 24.2 Å². The Morgan fingerprint density at radius 3 is 2.94 bits per heavy atom. The average molecular weight is 278 g/mol. The molecule has 0 amide bonds. The van der Waals surface area contributed by atoms with E-state index in [0.717, 1.165) is 23.7 Å². The maximum absolute atomic E-state index is 4.96. The molecule has 90 valence electrons. The van der Waals surface area contributed by atoms with Gasteiger partial charge >= 0.3 is 0 Å². The summed E-state index contributed by atoms with van der Waals surface area (Å²) < 4.78 is 0. The smallest absolute Gasteiger partial charge is 0.166 e. The largest absolute Gasteiger partial charge is 0.366 e. The normalized spacial score (nSPS) is 9.06. The third kappa shape index (κ3) is 6.87. The number of thioether (sulfide) groups is 1. The Kier molecular flexibility index (Phi) is 9.37. The molecule has 0 bridgehead atoms. The van der Waals surface area contributed by atoms with E-state index in [4.69, 9.17) is 12.2 Å². The molecule has 0 radical (unpaired) electrons. The molecule has 0 aliphatic rings. The lowest BCUT2D eigenvalue weighted by molar-refractivity contribution is 0.834. The van der Waals surface area contributed by atoms with Crippen molar-refractivity contribution in [2.45, 2.75) is 11.4 Å². The molecule has 1 aromatic heterocycles. The summed E-state index contributed by atoms with van der Waals surface area (Å²) in [5.41, 5.74) is 0. The van der Waals surface area contributed by atoms with E-state index >= 15 is 0 Å². The fourth-order valence-corrected chi connectivity index (χ4v) is 1.88. The number of rotatable bonds is 5. The molecular weight excluding hydrogens is 262 g/mol. The predicted octanol–water partition coefficient (Wildman–Crippen LogP) is 2.08. The summed E-state index contributed by atoms with van der Waals surface area (Å²) in [6, 6.07) is 5.96. The fraction of sp³-hybridized carbons (Fsp3) is 0.400. The Bertz CT molecular complexity index is 295. The molecule has 6 heteroatoms. The number of pyridine rings is 1. The van der Waals surface area contributed by atoms with E-state index in [-0.39, 0.29) is 12.4 Å². The van der Waals surface area contributed by atoms with E-state index < -0.39 is 0 Å². The second-order valence-corrected chi connectivity index (χ2v) is 4.40. The van der Waals surface area contributed by atoms with Crippen molar-refractivity contribution >= 4 is 41.5 Å². The molecule has 0 atom stereocenters. The minimum absolute atomic E-state index is 0. The van der Waals surface area contributed by atoms with Crippen LogP contribution in [0.4, 0.5) is 0 Å². The van der Waals surface area contributed by atoms with Gasteiger partial charge in [-0.25, -0.2) is 4.98 Å². The van der Waals surface area contributed by atoms with E-state index in [1.165, 1.54) is 0 Å². The van der Waals surface area contributed by atoms with Crippen molar-refractivity contribution in [2.75, 3.05) is 19.3 Å². The van der Waals surface area contributed by atoms with Crippen LogP contribution in [-0.2, 0) is 0 Å². The highest BCUT2D eigenvalue weighted by Gasteiger charge is 1.94. The lowest BCUT2D eigenvalue weighted by atomic mass is 10.5. The molecule has 2 N–H and O–H groups in total. The van der Waals surface area contributed by atoms with E-state index in [1.807, 2.05) is 31.4 Å². The number of thiocarbonyl (C=S) groups is 1. The SMILES string of the molecule is CNC(=S)NCCCSc1ccccn1.Cl. The van der Waals surface area contributed by atoms with Gasteiger partial charge in [-0.2, -0.15) is 0 Å². The molecule has 16 heavy (non-hydrogen) atoms. The second kappa shape index (κ2) is 9.69. The van der Waals surface area contributed by atoms with Crippen molar-refractivity contribution in [3.8, 4) is 0 Å². The second-order valence-electron chi connectivity index (χ2n) is 2.88. The van der Waals surface area contributed by atoms with Gasteiger partial charge in [-0.1, -0.05) is 6.07 Å². The highest BCUT2D eigenvalue weighted by Crippen LogP contribution is 2.14. The van der Waals surface area contributed by atoms with Crippen LogP contribution in [0.25, 0.3) is 0 Å². The quantitative estimate of drug-likeness (QED) is 0.490. The van der Waals surface area contributed by atoms with E-state index in [1.54, 1.807) is 11.8 Å². The first-order valence-corrected chi connectivity index (χ1v) is 6.21. The molecule has 3 nitrogen and oxygen atoms in total. The molecule has 0 saturated heterocycles. The predicted molar refractivity (Wildman–Crippen MR) is 76.5 cm³/mol. The van der Waals surface area contributed by atoms with Gasteiger partial charge < -0.3 is 10.6 Å². The lowest BCUT2D eigenvalue weighted by Crippen LogP contribution is -2.33. The van der Waals surface area contributed by atoms with Crippen LogP contribution >= 0.6 is 36.4 Å². The van der Waals surface area contributed by atoms with Crippen LogP contribution in [0.2, 0.25) is 0 Å². The van der Waals surface area contributed by atoms with Crippen molar-refractivity contribution in [1.29, 1.82) is 0 Å². The van der Waals surface area contributed by atoms with Crippen LogP contribution in [0.5, 0.6) is 0 Å². The monoisotopic (exact) mass is 277 g/mol. The zero-order valence-corrected chi connectivity index (χ0v) is 11.6. The third-order valence-electron chi connectivity index (χ3n) is 1.72. The first-order valence-electron chi connectivity index (χ1n) is 4.82. The Balaban J connectivity index is 0.00000225. The zero-order valence-electron chi connectivity index (χ0n) is 9.10. The average Bonchev–Trinajstić information content (AvgIpc) is 2.29. The Labute approximate surface area is 112 Å². The van der Waals surface area contributed by atoms with Crippen molar-refractivity contribution < 1.29 is 0 Å². The van der Waals surface area contributed by atoms with Crippen molar-refractivity contribution in [3.05, 3.63) is 24.4 Å². The first-order chi connectivity index (χ1) is 7.33. The summed E-state index contributed by atoms with van der Waals surface area (Å²) in [5.74, 6) is 1.05. The molecule has 1 rings (SSSR count). The molecule has 0 unspecified atom stereocenters. The molecule has 0 aromatic carbocycles. The van der Waals surface area contributed by atoms with Gasteiger partial charge in [0.25, 0.3) is 0 Å². The maximum Gasteiger partial charge on any atom is 0.166 e. The number of nitrogens with one attached hydrogen (secondary N) is 2. The van der Waals surface area contributed by atoms with Crippen LogP contribution in [-0.4, -0.2) is 29.4 Å². The van der Waals surface area contributed by atoms with E-state index in [9.17, 15) is 0 Å². The molecule has 0 spiro atoms. The Hall–Kier alpha value is -0.520. The van der Waals surface area contributed by atoms with Crippen LogP contribution in [0.15, 0.2) is 29.4 Å². The molecule has 0 aliphatic carbocycles. The summed E-state index contributed by atoms with van der Waals surface area (Å²) in [6.45, 7) is 0.902. The maximum atomic E-state index is 4.96. The van der Waals surface area contributed by atoms with Crippen LogP contribution in [0.3, 0.4) is 0 Å². The first kappa shape index (κ1) is 15.5. The fourth-order valence-electron chi connectivity index (χ4n) is 0.972. The summed E-state index contributed by atoms with van der Waals surface area (Å²) in [7, 11) is 1.82.